The van der Waals surface area contributed by atoms with E-state index in [9.17, 15) is 4.79 Å². The number of benzene rings is 1. The van der Waals surface area contributed by atoms with Gasteiger partial charge in [-0.25, -0.2) is 0 Å². The Morgan fingerprint density at radius 3 is 2.40 bits per heavy atom. The van der Waals surface area contributed by atoms with Gasteiger partial charge in [0, 0.05) is 37.7 Å². The van der Waals surface area contributed by atoms with Crippen molar-refractivity contribution < 1.29 is 9.28 Å². The van der Waals surface area contributed by atoms with Gasteiger partial charge in [-0.1, -0.05) is 18.2 Å². The lowest BCUT2D eigenvalue weighted by Gasteiger charge is -2.55. The smallest absolute Gasteiger partial charge is 0.159 e. The SMILES string of the molecule is CC(=O)c1cccc([C@H]2C[C@H]3CC[C@@H](C2)[N+]32CCC2)c1. The molecule has 4 rings (SSSR count). The summed E-state index contributed by atoms with van der Waals surface area (Å²) in [5.41, 5.74) is 2.29. The highest BCUT2D eigenvalue weighted by molar-refractivity contribution is 5.94. The Labute approximate surface area is 121 Å². The zero-order valence-electron chi connectivity index (χ0n) is 12.3. The largest absolute Gasteiger partial charge is 0.318 e. The number of carbonyl (C=O) groups is 1. The highest BCUT2D eigenvalue weighted by Crippen LogP contribution is 2.50. The Kier molecular flexibility index (Phi) is 2.78. The van der Waals surface area contributed by atoms with E-state index in [2.05, 4.69) is 18.2 Å². The van der Waals surface area contributed by atoms with E-state index in [4.69, 9.17) is 0 Å². The number of quaternary nitrogens is 1. The molecule has 3 aliphatic heterocycles. The van der Waals surface area contributed by atoms with Crippen LogP contribution in [0.25, 0.3) is 0 Å². The summed E-state index contributed by atoms with van der Waals surface area (Å²) < 4.78 is 1.46. The minimum Gasteiger partial charge on any atom is -0.318 e. The maximum atomic E-state index is 11.6. The lowest BCUT2D eigenvalue weighted by Crippen LogP contribution is -2.66. The van der Waals surface area contributed by atoms with Gasteiger partial charge >= 0.3 is 0 Å². The maximum Gasteiger partial charge on any atom is 0.159 e. The molecular weight excluding hydrogens is 246 g/mol. The molecule has 0 unspecified atom stereocenters. The molecule has 20 heavy (non-hydrogen) atoms. The van der Waals surface area contributed by atoms with Crippen molar-refractivity contribution in [3.63, 3.8) is 0 Å². The Bertz CT molecular complexity index is 530. The monoisotopic (exact) mass is 270 g/mol. The second-order valence-corrected chi connectivity index (χ2v) is 7.14. The fraction of sp³-hybridized carbons (Fsp3) is 0.611. The van der Waals surface area contributed by atoms with Crippen molar-refractivity contribution in [2.24, 2.45) is 0 Å². The van der Waals surface area contributed by atoms with Crippen molar-refractivity contribution in [2.75, 3.05) is 13.1 Å². The highest BCUT2D eigenvalue weighted by Gasteiger charge is 2.57. The molecule has 1 aromatic carbocycles. The van der Waals surface area contributed by atoms with E-state index in [1.807, 2.05) is 6.07 Å². The Morgan fingerprint density at radius 2 is 1.85 bits per heavy atom. The van der Waals surface area contributed by atoms with E-state index in [0.717, 1.165) is 17.6 Å². The summed E-state index contributed by atoms with van der Waals surface area (Å²) in [4.78, 5) is 11.6. The van der Waals surface area contributed by atoms with Crippen LogP contribution in [0.15, 0.2) is 24.3 Å². The molecule has 0 aliphatic carbocycles. The molecule has 0 radical (unpaired) electrons. The average Bonchev–Trinajstić information content (AvgIpc) is 2.63. The number of nitrogens with zero attached hydrogens (tertiary/aromatic N) is 1. The number of hydrogen-bond acceptors (Lipinski definition) is 1. The van der Waals surface area contributed by atoms with Crippen molar-refractivity contribution in [2.45, 2.75) is 57.0 Å². The molecule has 0 amide bonds. The molecule has 0 aromatic heterocycles. The van der Waals surface area contributed by atoms with Gasteiger partial charge in [-0.05, 0) is 24.5 Å². The van der Waals surface area contributed by atoms with Crippen LogP contribution in [0, 0.1) is 0 Å². The minimum absolute atomic E-state index is 0.192. The standard InChI is InChI=1S/C18H24NO/c1-13(20)14-4-2-5-15(10-14)16-11-17-6-7-18(12-16)19(17)8-3-9-19/h2,4-5,10,16-18H,3,6-9,11-12H2,1H3/q+1/t16-,17+,18-. The zero-order valence-corrected chi connectivity index (χ0v) is 12.3. The quantitative estimate of drug-likeness (QED) is 0.593. The third-order valence-corrected chi connectivity index (χ3v) is 6.31. The van der Waals surface area contributed by atoms with E-state index in [0.29, 0.717) is 5.92 Å². The van der Waals surface area contributed by atoms with Crippen LogP contribution in [0.2, 0.25) is 0 Å². The summed E-state index contributed by atoms with van der Waals surface area (Å²) in [6.45, 7) is 4.55. The molecule has 2 nitrogen and oxygen atoms in total. The minimum atomic E-state index is 0.192. The van der Waals surface area contributed by atoms with Crippen molar-refractivity contribution in [1.82, 2.24) is 0 Å². The van der Waals surface area contributed by atoms with Gasteiger partial charge in [0.05, 0.1) is 25.2 Å². The molecule has 1 aromatic rings. The zero-order chi connectivity index (χ0) is 13.7. The molecule has 2 heteroatoms. The summed E-state index contributed by atoms with van der Waals surface area (Å²) in [6, 6.07) is 10.2. The van der Waals surface area contributed by atoms with E-state index >= 15 is 0 Å². The van der Waals surface area contributed by atoms with Gasteiger partial charge in [-0.2, -0.15) is 0 Å². The topological polar surface area (TPSA) is 17.1 Å². The van der Waals surface area contributed by atoms with E-state index in [-0.39, 0.29) is 5.78 Å². The molecular formula is C18H24NO+. The summed E-state index contributed by atoms with van der Waals surface area (Å²) in [6.07, 6.45) is 7.01. The van der Waals surface area contributed by atoms with Gasteiger partial charge in [0.15, 0.2) is 5.78 Å². The molecule has 0 N–H and O–H groups in total. The Morgan fingerprint density at radius 1 is 1.15 bits per heavy atom. The maximum absolute atomic E-state index is 11.6. The first-order chi connectivity index (χ1) is 9.69. The molecule has 0 saturated carbocycles. The fourth-order valence-corrected chi connectivity index (χ4v) is 5.14. The van der Waals surface area contributed by atoms with Crippen molar-refractivity contribution in [1.29, 1.82) is 0 Å². The first-order valence-electron chi connectivity index (χ1n) is 8.16. The first kappa shape index (κ1) is 12.6. The molecule has 106 valence electrons. The van der Waals surface area contributed by atoms with Crippen LogP contribution in [-0.4, -0.2) is 35.4 Å². The molecule has 1 spiro atoms. The molecule has 3 aliphatic rings. The van der Waals surface area contributed by atoms with Crippen LogP contribution in [-0.2, 0) is 0 Å². The van der Waals surface area contributed by atoms with Gasteiger partial charge in [-0.15, -0.1) is 0 Å². The second-order valence-electron chi connectivity index (χ2n) is 7.14. The normalized spacial score (nSPS) is 34.0. The van der Waals surface area contributed by atoms with Crippen LogP contribution < -0.4 is 0 Å². The molecule has 3 saturated heterocycles. The van der Waals surface area contributed by atoms with Crippen molar-refractivity contribution in [3.05, 3.63) is 35.4 Å². The second kappa shape index (κ2) is 4.42. The molecule has 2 bridgehead atoms. The van der Waals surface area contributed by atoms with Gasteiger partial charge in [0.2, 0.25) is 0 Å². The van der Waals surface area contributed by atoms with Crippen LogP contribution in [0.1, 0.15) is 60.9 Å². The number of ketones is 1. The third-order valence-electron chi connectivity index (χ3n) is 6.31. The van der Waals surface area contributed by atoms with Gasteiger partial charge in [0.1, 0.15) is 0 Å². The summed E-state index contributed by atoms with van der Waals surface area (Å²) >= 11 is 0. The van der Waals surface area contributed by atoms with Crippen LogP contribution >= 0.6 is 0 Å². The first-order valence-corrected chi connectivity index (χ1v) is 8.16. The van der Waals surface area contributed by atoms with Gasteiger partial charge in [0.25, 0.3) is 0 Å². The summed E-state index contributed by atoms with van der Waals surface area (Å²) in [5, 5.41) is 0. The predicted molar refractivity (Wildman–Crippen MR) is 79.8 cm³/mol. The summed E-state index contributed by atoms with van der Waals surface area (Å²) in [7, 11) is 0. The number of Topliss-reactive ketones (excluding diaryl/α,β-unsaturated/α-hetero) is 1. The van der Waals surface area contributed by atoms with E-state index in [1.54, 1.807) is 6.92 Å². The fourth-order valence-electron chi connectivity index (χ4n) is 5.14. The van der Waals surface area contributed by atoms with Crippen LogP contribution in [0.5, 0.6) is 0 Å². The lowest BCUT2D eigenvalue weighted by atomic mass is 9.80. The Balaban J connectivity index is 1.59. The number of piperidine rings is 1. The van der Waals surface area contributed by atoms with E-state index < -0.39 is 0 Å². The average molecular weight is 270 g/mol. The number of rotatable bonds is 2. The third kappa shape index (κ3) is 1.70. The van der Waals surface area contributed by atoms with Gasteiger partial charge < -0.3 is 4.48 Å². The number of carbonyl (C=O) groups excluding carboxylic acids is 1. The Hall–Kier alpha value is -1.15. The summed E-state index contributed by atoms with van der Waals surface area (Å²) in [5.74, 6) is 0.882. The highest BCUT2D eigenvalue weighted by atomic mass is 16.1. The van der Waals surface area contributed by atoms with E-state index in [1.165, 1.54) is 55.2 Å². The van der Waals surface area contributed by atoms with Crippen molar-refractivity contribution in [3.8, 4) is 0 Å². The molecule has 3 fully saturated rings. The van der Waals surface area contributed by atoms with Gasteiger partial charge in [-0.3, -0.25) is 4.79 Å². The molecule has 3 heterocycles. The van der Waals surface area contributed by atoms with Crippen LogP contribution in [0.4, 0.5) is 0 Å². The molecule has 3 atom stereocenters. The number of hydrogen-bond donors (Lipinski definition) is 0. The van der Waals surface area contributed by atoms with Crippen LogP contribution in [0.3, 0.4) is 0 Å². The lowest BCUT2D eigenvalue weighted by molar-refractivity contribution is -0.999. The predicted octanol–water partition coefficient (Wildman–Crippen LogP) is 3.52. The van der Waals surface area contributed by atoms with Crippen molar-refractivity contribution >= 4 is 5.78 Å².